The first-order valence-corrected chi connectivity index (χ1v) is 9.01. The predicted molar refractivity (Wildman–Crippen MR) is 112 cm³/mol. The second-order valence-corrected chi connectivity index (χ2v) is 6.52. The van der Waals surface area contributed by atoms with Gasteiger partial charge in [-0.15, -0.1) is 0 Å². The van der Waals surface area contributed by atoms with E-state index in [-0.39, 0.29) is 17.3 Å². The third-order valence-corrected chi connectivity index (χ3v) is 4.47. The number of aryl methyl sites for hydroxylation is 1. The first-order valence-electron chi connectivity index (χ1n) is 9.01. The van der Waals surface area contributed by atoms with Gasteiger partial charge in [-0.3, -0.25) is 15.1 Å². The molecule has 2 N–H and O–H groups in total. The van der Waals surface area contributed by atoms with Crippen LogP contribution in [0.2, 0.25) is 0 Å². The Bertz CT molecular complexity index is 1170. The molecule has 29 heavy (non-hydrogen) atoms. The van der Waals surface area contributed by atoms with Crippen molar-refractivity contribution in [3.05, 3.63) is 88.4 Å². The zero-order valence-corrected chi connectivity index (χ0v) is 15.7. The maximum Gasteiger partial charge on any atom is 0.353 e. The van der Waals surface area contributed by atoms with E-state index < -0.39 is 4.92 Å². The van der Waals surface area contributed by atoms with Crippen LogP contribution in [0.15, 0.2) is 67.1 Å². The van der Waals surface area contributed by atoms with Crippen molar-refractivity contribution in [2.24, 2.45) is 0 Å². The number of nitro groups is 1. The standard InChI is InChI=1S/C21H18N6O2/c1-14-7-9-15(10-8-14)12-23-20-19(27(28)29)21(25-13-24-20)26-17-6-2-4-16-5-3-11-22-18(16)17/h2-11,13H,12H2,1H3,(H2,23,24,25,26). The van der Waals surface area contributed by atoms with Gasteiger partial charge in [0.1, 0.15) is 6.33 Å². The number of nitrogens with one attached hydrogen (secondary N) is 2. The van der Waals surface area contributed by atoms with E-state index in [2.05, 4.69) is 25.6 Å². The fourth-order valence-corrected chi connectivity index (χ4v) is 3.00. The zero-order chi connectivity index (χ0) is 20.2. The average molecular weight is 386 g/mol. The van der Waals surface area contributed by atoms with Gasteiger partial charge in [0.2, 0.25) is 11.6 Å². The highest BCUT2D eigenvalue weighted by Gasteiger charge is 2.23. The summed E-state index contributed by atoms with van der Waals surface area (Å²) in [5, 5.41) is 18.8. The van der Waals surface area contributed by atoms with Crippen LogP contribution in [-0.2, 0) is 6.54 Å². The van der Waals surface area contributed by atoms with Crippen LogP contribution >= 0.6 is 0 Å². The van der Waals surface area contributed by atoms with Crippen LogP contribution in [0.3, 0.4) is 0 Å². The van der Waals surface area contributed by atoms with E-state index in [0.717, 1.165) is 16.5 Å². The number of hydrogen-bond acceptors (Lipinski definition) is 7. The highest BCUT2D eigenvalue weighted by atomic mass is 16.6. The zero-order valence-electron chi connectivity index (χ0n) is 15.7. The lowest BCUT2D eigenvalue weighted by Gasteiger charge is -2.11. The summed E-state index contributed by atoms with van der Waals surface area (Å²) in [5.41, 5.74) is 3.27. The van der Waals surface area contributed by atoms with Gasteiger partial charge in [0, 0.05) is 18.1 Å². The van der Waals surface area contributed by atoms with Crippen LogP contribution in [0.25, 0.3) is 10.9 Å². The third kappa shape index (κ3) is 3.96. The maximum absolute atomic E-state index is 11.8. The summed E-state index contributed by atoms with van der Waals surface area (Å²) in [6, 6.07) is 17.3. The number of anilines is 3. The van der Waals surface area contributed by atoms with Crippen LogP contribution < -0.4 is 10.6 Å². The van der Waals surface area contributed by atoms with E-state index in [4.69, 9.17) is 0 Å². The number of hydrogen-bond donors (Lipinski definition) is 2. The van der Waals surface area contributed by atoms with E-state index in [9.17, 15) is 10.1 Å². The summed E-state index contributed by atoms with van der Waals surface area (Å²) in [5.74, 6) is 0.260. The Balaban J connectivity index is 1.66. The highest BCUT2D eigenvalue weighted by Crippen LogP contribution is 2.33. The predicted octanol–water partition coefficient (Wildman–Crippen LogP) is 4.60. The van der Waals surface area contributed by atoms with Crippen molar-refractivity contribution in [1.29, 1.82) is 0 Å². The number of fused-ring (bicyclic) bond motifs is 1. The lowest BCUT2D eigenvalue weighted by Crippen LogP contribution is -2.08. The van der Waals surface area contributed by atoms with Crippen molar-refractivity contribution in [3.63, 3.8) is 0 Å². The fraction of sp³-hybridized carbons (Fsp3) is 0.0952. The lowest BCUT2D eigenvalue weighted by molar-refractivity contribution is -0.383. The first-order chi connectivity index (χ1) is 14.1. The van der Waals surface area contributed by atoms with Gasteiger partial charge >= 0.3 is 5.69 Å². The van der Waals surface area contributed by atoms with Crippen LogP contribution in [-0.4, -0.2) is 19.9 Å². The SMILES string of the molecule is Cc1ccc(CNc2ncnc(Nc3cccc4cccnc34)c2[N+](=O)[O-])cc1. The number of rotatable bonds is 6. The summed E-state index contributed by atoms with van der Waals surface area (Å²) in [7, 11) is 0. The van der Waals surface area contributed by atoms with Crippen molar-refractivity contribution in [2.45, 2.75) is 13.5 Å². The van der Waals surface area contributed by atoms with Gasteiger partial charge < -0.3 is 10.6 Å². The molecule has 8 nitrogen and oxygen atoms in total. The van der Waals surface area contributed by atoms with Crippen LogP contribution in [0.1, 0.15) is 11.1 Å². The number of benzene rings is 2. The van der Waals surface area contributed by atoms with Crippen molar-refractivity contribution in [2.75, 3.05) is 10.6 Å². The second-order valence-electron chi connectivity index (χ2n) is 6.52. The van der Waals surface area contributed by atoms with Crippen LogP contribution in [0.5, 0.6) is 0 Å². The molecule has 0 atom stereocenters. The normalized spacial score (nSPS) is 10.7. The Morgan fingerprint density at radius 2 is 1.72 bits per heavy atom. The van der Waals surface area contributed by atoms with E-state index in [0.29, 0.717) is 17.7 Å². The molecule has 0 fully saturated rings. The molecule has 0 saturated carbocycles. The van der Waals surface area contributed by atoms with Gasteiger partial charge in [0.05, 0.1) is 16.1 Å². The monoisotopic (exact) mass is 386 g/mol. The molecule has 2 heterocycles. The molecule has 0 unspecified atom stereocenters. The Morgan fingerprint density at radius 3 is 2.52 bits per heavy atom. The molecule has 8 heteroatoms. The molecular weight excluding hydrogens is 368 g/mol. The molecular formula is C21H18N6O2. The minimum Gasteiger partial charge on any atom is -0.360 e. The summed E-state index contributed by atoms with van der Waals surface area (Å²) < 4.78 is 0. The molecule has 4 rings (SSSR count). The molecule has 0 radical (unpaired) electrons. The van der Waals surface area contributed by atoms with E-state index in [1.54, 1.807) is 12.3 Å². The first kappa shape index (κ1) is 18.3. The van der Waals surface area contributed by atoms with Crippen LogP contribution in [0.4, 0.5) is 23.0 Å². The Morgan fingerprint density at radius 1 is 0.966 bits per heavy atom. The van der Waals surface area contributed by atoms with Gasteiger partial charge in [-0.2, -0.15) is 0 Å². The van der Waals surface area contributed by atoms with Crippen LogP contribution in [0, 0.1) is 17.0 Å². The Hall–Kier alpha value is -4.07. The Labute approximate surface area is 166 Å². The van der Waals surface area contributed by atoms with Gasteiger partial charge in [0.15, 0.2) is 0 Å². The largest absolute Gasteiger partial charge is 0.360 e. The quantitative estimate of drug-likeness (QED) is 0.368. The number of para-hydroxylation sites is 1. The van der Waals surface area contributed by atoms with Crippen molar-refractivity contribution in [1.82, 2.24) is 15.0 Å². The van der Waals surface area contributed by atoms with Gasteiger partial charge in [-0.05, 0) is 24.6 Å². The molecule has 144 valence electrons. The van der Waals surface area contributed by atoms with Gasteiger partial charge in [-0.25, -0.2) is 9.97 Å². The number of aromatic nitrogens is 3. The molecule has 0 spiro atoms. The molecule has 2 aromatic carbocycles. The maximum atomic E-state index is 11.8. The number of pyridine rings is 1. The van der Waals surface area contributed by atoms with E-state index in [1.807, 2.05) is 55.5 Å². The van der Waals surface area contributed by atoms with Gasteiger partial charge in [0.25, 0.3) is 0 Å². The van der Waals surface area contributed by atoms with Gasteiger partial charge in [-0.1, -0.05) is 48.0 Å². The fourth-order valence-electron chi connectivity index (χ4n) is 3.00. The van der Waals surface area contributed by atoms with Crippen molar-refractivity contribution < 1.29 is 4.92 Å². The topological polar surface area (TPSA) is 106 Å². The van der Waals surface area contributed by atoms with E-state index >= 15 is 0 Å². The summed E-state index contributed by atoms with van der Waals surface area (Å²) >= 11 is 0. The van der Waals surface area contributed by atoms with E-state index in [1.165, 1.54) is 6.33 Å². The summed E-state index contributed by atoms with van der Waals surface area (Å²) in [4.78, 5) is 23.8. The molecule has 0 amide bonds. The second kappa shape index (κ2) is 7.89. The van der Waals surface area contributed by atoms with Crippen molar-refractivity contribution >= 4 is 33.9 Å². The lowest BCUT2D eigenvalue weighted by atomic mass is 10.1. The molecule has 0 aliphatic rings. The summed E-state index contributed by atoms with van der Waals surface area (Å²) in [6.45, 7) is 2.42. The minimum absolute atomic E-state index is 0.106. The minimum atomic E-state index is -0.488. The highest BCUT2D eigenvalue weighted by molar-refractivity contribution is 5.92. The summed E-state index contributed by atoms with van der Waals surface area (Å²) in [6.07, 6.45) is 2.97. The number of nitrogens with zero attached hydrogens (tertiary/aromatic N) is 4. The average Bonchev–Trinajstić information content (AvgIpc) is 2.73. The molecule has 0 bridgehead atoms. The third-order valence-electron chi connectivity index (χ3n) is 4.47. The molecule has 0 aliphatic carbocycles. The smallest absolute Gasteiger partial charge is 0.353 e. The van der Waals surface area contributed by atoms with Crippen molar-refractivity contribution in [3.8, 4) is 0 Å². The Kier molecular flexibility index (Phi) is 4.98. The molecule has 2 aromatic heterocycles. The molecule has 4 aromatic rings. The molecule has 0 aliphatic heterocycles. The molecule has 0 saturated heterocycles.